The van der Waals surface area contributed by atoms with Crippen LogP contribution in [0.1, 0.15) is 17.5 Å². The lowest BCUT2D eigenvalue weighted by molar-refractivity contribution is -0.122. The van der Waals surface area contributed by atoms with Crippen LogP contribution in [0.3, 0.4) is 0 Å². The monoisotopic (exact) mass is 368 g/mol. The normalized spacial score (nSPS) is 16.4. The van der Waals surface area contributed by atoms with Gasteiger partial charge in [0.25, 0.3) is 0 Å². The number of methoxy groups -OCH3 is 2. The van der Waals surface area contributed by atoms with Crippen LogP contribution in [0.5, 0.6) is 11.5 Å². The molecule has 3 rings (SSSR count). The van der Waals surface area contributed by atoms with Crippen LogP contribution in [0.15, 0.2) is 36.4 Å². The second-order valence-corrected chi connectivity index (χ2v) is 6.75. The maximum atomic E-state index is 12.7. The number of hydrogen-bond donors (Lipinski definition) is 1. The van der Waals surface area contributed by atoms with Gasteiger partial charge in [-0.15, -0.1) is 0 Å². The number of nitrogens with zero attached hydrogens (tertiary/aromatic N) is 1. The highest BCUT2D eigenvalue weighted by Gasteiger charge is 2.36. The molecule has 0 radical (unpaired) electrons. The average molecular weight is 368 g/mol. The maximum Gasteiger partial charge on any atom is 0.229 e. The molecule has 2 aromatic carbocycles. The minimum absolute atomic E-state index is 0.109. The number of rotatable bonds is 5. The number of carbonyl (C=O) groups excluding carboxylic acids is 2. The van der Waals surface area contributed by atoms with Gasteiger partial charge in [-0.3, -0.25) is 9.59 Å². The van der Waals surface area contributed by atoms with Gasteiger partial charge in [-0.2, -0.15) is 0 Å². The van der Waals surface area contributed by atoms with E-state index in [1.807, 2.05) is 32.0 Å². The first-order valence-corrected chi connectivity index (χ1v) is 8.83. The lowest BCUT2D eigenvalue weighted by Crippen LogP contribution is -2.28. The molecular weight excluding hydrogens is 344 g/mol. The van der Waals surface area contributed by atoms with Crippen molar-refractivity contribution in [1.82, 2.24) is 0 Å². The summed E-state index contributed by atoms with van der Waals surface area (Å²) in [5.41, 5.74) is 3.46. The Labute approximate surface area is 159 Å². The number of amides is 2. The number of nitrogens with one attached hydrogen (secondary N) is 1. The van der Waals surface area contributed by atoms with Crippen molar-refractivity contribution in [3.63, 3.8) is 0 Å². The van der Waals surface area contributed by atoms with Gasteiger partial charge in [-0.05, 0) is 43.2 Å². The molecule has 1 aliphatic rings. The summed E-state index contributed by atoms with van der Waals surface area (Å²) in [7, 11) is 3.12. The molecule has 0 bridgehead atoms. The molecule has 0 unspecified atom stereocenters. The van der Waals surface area contributed by atoms with E-state index < -0.39 is 5.92 Å². The number of carbonyl (C=O) groups is 2. The maximum absolute atomic E-state index is 12.7. The van der Waals surface area contributed by atoms with E-state index in [1.54, 1.807) is 37.3 Å². The van der Waals surface area contributed by atoms with Gasteiger partial charge in [0.2, 0.25) is 11.8 Å². The Kier molecular flexibility index (Phi) is 5.35. The second kappa shape index (κ2) is 7.70. The fourth-order valence-corrected chi connectivity index (χ4v) is 3.23. The minimum atomic E-state index is -0.423. The molecule has 1 saturated heterocycles. The van der Waals surface area contributed by atoms with Crippen molar-refractivity contribution >= 4 is 23.2 Å². The molecule has 0 saturated carbocycles. The molecule has 1 aliphatic heterocycles. The summed E-state index contributed by atoms with van der Waals surface area (Å²) >= 11 is 0. The fourth-order valence-electron chi connectivity index (χ4n) is 3.23. The van der Waals surface area contributed by atoms with Gasteiger partial charge in [0.05, 0.1) is 25.8 Å². The van der Waals surface area contributed by atoms with E-state index in [4.69, 9.17) is 9.47 Å². The van der Waals surface area contributed by atoms with E-state index >= 15 is 0 Å². The third kappa shape index (κ3) is 3.89. The molecule has 6 heteroatoms. The Morgan fingerprint density at radius 2 is 1.89 bits per heavy atom. The zero-order chi connectivity index (χ0) is 19.6. The highest BCUT2D eigenvalue weighted by Crippen LogP contribution is 2.36. The smallest absolute Gasteiger partial charge is 0.229 e. The molecule has 1 atom stereocenters. The number of hydrogen-bond acceptors (Lipinski definition) is 4. The van der Waals surface area contributed by atoms with Crippen LogP contribution in [-0.2, 0) is 9.59 Å². The van der Waals surface area contributed by atoms with Crippen LogP contribution < -0.4 is 19.7 Å². The van der Waals surface area contributed by atoms with Crippen molar-refractivity contribution in [3.05, 3.63) is 47.5 Å². The van der Waals surface area contributed by atoms with Gasteiger partial charge < -0.3 is 19.7 Å². The van der Waals surface area contributed by atoms with Crippen molar-refractivity contribution in [1.29, 1.82) is 0 Å². The SMILES string of the molecule is COc1ccc(OC)c(N2C[C@H](C(=O)Nc3cc(C)ccc3C)CC2=O)c1. The molecule has 142 valence electrons. The molecular formula is C21H24N2O4. The summed E-state index contributed by atoms with van der Waals surface area (Å²) < 4.78 is 10.6. The molecule has 1 N–H and O–H groups in total. The average Bonchev–Trinajstić information content (AvgIpc) is 3.05. The Morgan fingerprint density at radius 1 is 1.11 bits per heavy atom. The van der Waals surface area contributed by atoms with Crippen molar-refractivity contribution < 1.29 is 19.1 Å². The number of anilines is 2. The van der Waals surface area contributed by atoms with Gasteiger partial charge in [0.15, 0.2) is 0 Å². The highest BCUT2D eigenvalue weighted by atomic mass is 16.5. The zero-order valence-electron chi connectivity index (χ0n) is 16.0. The summed E-state index contributed by atoms with van der Waals surface area (Å²) in [5.74, 6) is 0.513. The quantitative estimate of drug-likeness (QED) is 0.879. The fraction of sp³-hybridized carbons (Fsp3) is 0.333. The van der Waals surface area contributed by atoms with E-state index in [0.29, 0.717) is 23.7 Å². The molecule has 2 aromatic rings. The molecule has 6 nitrogen and oxygen atoms in total. The van der Waals surface area contributed by atoms with Crippen molar-refractivity contribution in [3.8, 4) is 11.5 Å². The first kappa shape index (κ1) is 18.8. The number of aryl methyl sites for hydroxylation is 2. The van der Waals surface area contributed by atoms with E-state index in [9.17, 15) is 9.59 Å². The lowest BCUT2D eigenvalue weighted by Gasteiger charge is -2.20. The van der Waals surface area contributed by atoms with Crippen molar-refractivity contribution in [2.24, 2.45) is 5.92 Å². The molecule has 0 aliphatic carbocycles. The molecule has 0 spiro atoms. The van der Waals surface area contributed by atoms with Crippen LogP contribution in [0.4, 0.5) is 11.4 Å². The van der Waals surface area contributed by atoms with Crippen LogP contribution in [0, 0.1) is 19.8 Å². The summed E-state index contributed by atoms with van der Waals surface area (Å²) in [6, 6.07) is 11.2. The summed E-state index contributed by atoms with van der Waals surface area (Å²) in [6.07, 6.45) is 0.164. The Morgan fingerprint density at radius 3 is 2.59 bits per heavy atom. The zero-order valence-corrected chi connectivity index (χ0v) is 16.0. The molecule has 1 fully saturated rings. The van der Waals surface area contributed by atoms with Crippen LogP contribution in [-0.4, -0.2) is 32.6 Å². The molecule has 0 aromatic heterocycles. The van der Waals surface area contributed by atoms with E-state index in [-0.39, 0.29) is 18.2 Å². The standard InChI is InChI=1S/C21H24N2O4/c1-13-5-6-14(2)17(9-13)22-21(25)15-10-20(24)23(12-15)18-11-16(26-3)7-8-19(18)27-4/h5-9,11,15H,10,12H2,1-4H3,(H,22,25)/t15-/m1/s1. The third-order valence-corrected chi connectivity index (χ3v) is 4.82. The van der Waals surface area contributed by atoms with Gasteiger partial charge in [-0.1, -0.05) is 12.1 Å². The molecule has 27 heavy (non-hydrogen) atoms. The Balaban J connectivity index is 1.79. The van der Waals surface area contributed by atoms with E-state index in [1.165, 1.54) is 0 Å². The van der Waals surface area contributed by atoms with Gasteiger partial charge in [0.1, 0.15) is 11.5 Å². The second-order valence-electron chi connectivity index (χ2n) is 6.75. The van der Waals surface area contributed by atoms with E-state index in [2.05, 4.69) is 5.32 Å². The first-order valence-electron chi connectivity index (χ1n) is 8.83. The predicted octanol–water partition coefficient (Wildman–Crippen LogP) is 3.31. The largest absolute Gasteiger partial charge is 0.497 e. The summed E-state index contributed by atoms with van der Waals surface area (Å²) in [5, 5.41) is 2.96. The first-order chi connectivity index (χ1) is 12.9. The number of ether oxygens (including phenoxy) is 2. The van der Waals surface area contributed by atoms with Gasteiger partial charge in [0, 0.05) is 24.7 Å². The van der Waals surface area contributed by atoms with Gasteiger partial charge in [-0.25, -0.2) is 0 Å². The molecule has 1 heterocycles. The minimum Gasteiger partial charge on any atom is -0.497 e. The summed E-state index contributed by atoms with van der Waals surface area (Å²) in [6.45, 7) is 4.23. The topological polar surface area (TPSA) is 67.9 Å². The van der Waals surface area contributed by atoms with Crippen LogP contribution in [0.2, 0.25) is 0 Å². The summed E-state index contributed by atoms with van der Waals surface area (Å²) in [4.78, 5) is 26.9. The Bertz CT molecular complexity index is 878. The lowest BCUT2D eigenvalue weighted by atomic mass is 10.1. The highest BCUT2D eigenvalue weighted by molar-refractivity contribution is 6.04. The molecule has 2 amide bonds. The van der Waals surface area contributed by atoms with Gasteiger partial charge >= 0.3 is 0 Å². The van der Waals surface area contributed by atoms with Crippen molar-refractivity contribution in [2.45, 2.75) is 20.3 Å². The Hall–Kier alpha value is -3.02. The van der Waals surface area contributed by atoms with Crippen LogP contribution in [0.25, 0.3) is 0 Å². The van der Waals surface area contributed by atoms with E-state index in [0.717, 1.165) is 16.8 Å². The predicted molar refractivity (Wildman–Crippen MR) is 105 cm³/mol. The third-order valence-electron chi connectivity index (χ3n) is 4.82. The van der Waals surface area contributed by atoms with Crippen LogP contribution >= 0.6 is 0 Å². The number of benzene rings is 2. The van der Waals surface area contributed by atoms with Crippen molar-refractivity contribution in [2.75, 3.05) is 31.0 Å².